The number of pyridine rings is 1. The van der Waals surface area contributed by atoms with E-state index in [0.29, 0.717) is 37.9 Å². The number of nitrogens with zero attached hydrogens (tertiary/aromatic N) is 4. The van der Waals surface area contributed by atoms with Crippen LogP contribution >= 0.6 is 0 Å². The van der Waals surface area contributed by atoms with Gasteiger partial charge in [0, 0.05) is 37.3 Å². The third kappa shape index (κ3) is 4.05. The minimum absolute atomic E-state index is 0.238. The van der Waals surface area contributed by atoms with Crippen LogP contribution in [0.3, 0.4) is 0 Å². The van der Waals surface area contributed by atoms with E-state index in [4.69, 9.17) is 4.74 Å². The monoisotopic (exact) mass is 352 g/mol. The lowest BCUT2D eigenvalue weighted by Gasteiger charge is -2.25. The first kappa shape index (κ1) is 18.0. The van der Waals surface area contributed by atoms with E-state index in [2.05, 4.69) is 16.0 Å². The maximum absolute atomic E-state index is 12.2. The van der Waals surface area contributed by atoms with E-state index < -0.39 is 0 Å². The second-order valence-electron chi connectivity index (χ2n) is 6.95. The van der Waals surface area contributed by atoms with Crippen LogP contribution in [0.25, 0.3) is 10.9 Å². The first-order valence-electron chi connectivity index (χ1n) is 9.05. The molecule has 1 aromatic heterocycles. The van der Waals surface area contributed by atoms with Crippen molar-refractivity contribution >= 4 is 22.7 Å². The van der Waals surface area contributed by atoms with E-state index in [1.807, 2.05) is 44.2 Å². The first-order chi connectivity index (χ1) is 12.6. The molecule has 0 saturated carbocycles. The standard InChI is InChI=1S/C20H24N4O2/c1-15(2)14-26-20(25)24-9-5-8-23(10-11-24)19-12-16(13-21)22-18-7-4-3-6-17(18)19/h3-4,6-7,12,15H,5,8-11,14H2,1-2H3. The third-order valence-electron chi connectivity index (χ3n) is 4.44. The van der Waals surface area contributed by atoms with Gasteiger partial charge in [-0.15, -0.1) is 0 Å². The number of carbonyl (C=O) groups excluding carboxylic acids is 1. The summed E-state index contributed by atoms with van der Waals surface area (Å²) < 4.78 is 5.36. The molecule has 6 nitrogen and oxygen atoms in total. The fraction of sp³-hybridized carbons (Fsp3) is 0.450. The molecular formula is C20H24N4O2. The van der Waals surface area contributed by atoms with Gasteiger partial charge in [-0.3, -0.25) is 0 Å². The average Bonchev–Trinajstić information content (AvgIpc) is 2.91. The summed E-state index contributed by atoms with van der Waals surface area (Å²) in [7, 11) is 0. The predicted octanol–water partition coefficient (Wildman–Crippen LogP) is 3.41. The maximum atomic E-state index is 12.2. The number of rotatable bonds is 3. The number of para-hydroxylation sites is 1. The zero-order chi connectivity index (χ0) is 18.5. The lowest BCUT2D eigenvalue weighted by atomic mass is 10.1. The topological polar surface area (TPSA) is 69.5 Å². The molecule has 0 bridgehead atoms. The first-order valence-corrected chi connectivity index (χ1v) is 9.05. The molecule has 26 heavy (non-hydrogen) atoms. The van der Waals surface area contributed by atoms with Gasteiger partial charge in [0.15, 0.2) is 0 Å². The summed E-state index contributed by atoms with van der Waals surface area (Å²) in [5.74, 6) is 0.329. The Kier molecular flexibility index (Phi) is 5.57. The summed E-state index contributed by atoms with van der Waals surface area (Å²) in [5.41, 5.74) is 2.24. The number of ether oxygens (including phenoxy) is 1. The SMILES string of the molecule is CC(C)COC(=O)N1CCCN(c2cc(C#N)nc3ccccc23)CC1. The highest BCUT2D eigenvalue weighted by atomic mass is 16.6. The Morgan fingerprint density at radius 1 is 1.27 bits per heavy atom. The molecule has 1 aliphatic heterocycles. The van der Waals surface area contributed by atoms with Gasteiger partial charge in [-0.05, 0) is 24.5 Å². The molecule has 1 aliphatic rings. The van der Waals surface area contributed by atoms with Crippen LogP contribution in [0.2, 0.25) is 0 Å². The Morgan fingerprint density at radius 3 is 2.85 bits per heavy atom. The summed E-state index contributed by atoms with van der Waals surface area (Å²) in [6.45, 7) is 7.32. The van der Waals surface area contributed by atoms with Crippen LogP contribution in [0, 0.1) is 17.2 Å². The molecule has 0 radical (unpaired) electrons. The molecule has 0 unspecified atom stereocenters. The fourth-order valence-corrected chi connectivity index (χ4v) is 3.15. The van der Waals surface area contributed by atoms with E-state index in [-0.39, 0.29) is 6.09 Å². The van der Waals surface area contributed by atoms with E-state index in [9.17, 15) is 10.1 Å². The Balaban J connectivity index is 1.78. The highest BCUT2D eigenvalue weighted by Crippen LogP contribution is 2.27. The van der Waals surface area contributed by atoms with Crippen LogP contribution in [0.1, 0.15) is 26.0 Å². The van der Waals surface area contributed by atoms with Gasteiger partial charge in [0.1, 0.15) is 11.8 Å². The molecule has 0 atom stereocenters. The summed E-state index contributed by atoms with van der Waals surface area (Å²) in [4.78, 5) is 20.6. The molecule has 1 amide bonds. The van der Waals surface area contributed by atoms with Crippen molar-refractivity contribution in [1.82, 2.24) is 9.88 Å². The number of carbonyl (C=O) groups is 1. The van der Waals surface area contributed by atoms with Crippen molar-refractivity contribution in [3.05, 3.63) is 36.0 Å². The van der Waals surface area contributed by atoms with Gasteiger partial charge in [0.25, 0.3) is 0 Å². The number of amides is 1. The second-order valence-corrected chi connectivity index (χ2v) is 6.95. The Bertz CT molecular complexity index is 828. The Labute approximate surface area is 154 Å². The predicted molar refractivity (Wildman–Crippen MR) is 101 cm³/mol. The van der Waals surface area contributed by atoms with E-state index >= 15 is 0 Å². The number of hydrogen-bond acceptors (Lipinski definition) is 5. The highest BCUT2D eigenvalue weighted by molar-refractivity contribution is 5.92. The molecule has 6 heteroatoms. The molecule has 1 fully saturated rings. The molecule has 1 saturated heterocycles. The van der Waals surface area contributed by atoms with Gasteiger partial charge >= 0.3 is 6.09 Å². The number of anilines is 1. The van der Waals surface area contributed by atoms with Crippen LogP contribution < -0.4 is 4.90 Å². The van der Waals surface area contributed by atoms with Crippen LogP contribution in [0.15, 0.2) is 30.3 Å². The zero-order valence-electron chi connectivity index (χ0n) is 15.3. The highest BCUT2D eigenvalue weighted by Gasteiger charge is 2.22. The van der Waals surface area contributed by atoms with E-state index in [0.717, 1.165) is 29.6 Å². The lowest BCUT2D eigenvalue weighted by Crippen LogP contribution is -2.36. The Hall–Kier alpha value is -2.81. The molecule has 136 valence electrons. The van der Waals surface area contributed by atoms with Crippen molar-refractivity contribution in [3.63, 3.8) is 0 Å². The summed E-state index contributed by atoms with van der Waals surface area (Å²) in [6.07, 6.45) is 0.618. The maximum Gasteiger partial charge on any atom is 0.409 e. The number of aromatic nitrogens is 1. The molecule has 1 aromatic carbocycles. The quantitative estimate of drug-likeness (QED) is 0.847. The van der Waals surface area contributed by atoms with E-state index in [1.165, 1.54) is 0 Å². The van der Waals surface area contributed by atoms with Crippen molar-refractivity contribution in [2.24, 2.45) is 5.92 Å². The molecule has 0 aliphatic carbocycles. The van der Waals surface area contributed by atoms with Gasteiger partial charge in [0.2, 0.25) is 0 Å². The largest absolute Gasteiger partial charge is 0.449 e. The van der Waals surface area contributed by atoms with Gasteiger partial charge in [-0.1, -0.05) is 32.0 Å². The molecule has 2 aromatic rings. The van der Waals surface area contributed by atoms with Gasteiger partial charge < -0.3 is 14.5 Å². The number of hydrogen-bond donors (Lipinski definition) is 0. The number of fused-ring (bicyclic) bond motifs is 1. The summed E-state index contributed by atoms with van der Waals surface area (Å²) >= 11 is 0. The zero-order valence-corrected chi connectivity index (χ0v) is 15.3. The second kappa shape index (κ2) is 8.05. The summed E-state index contributed by atoms with van der Waals surface area (Å²) in [5, 5.41) is 10.3. The lowest BCUT2D eigenvalue weighted by molar-refractivity contribution is 0.0943. The van der Waals surface area contributed by atoms with Crippen LogP contribution in [-0.4, -0.2) is 48.8 Å². The average molecular weight is 352 g/mol. The smallest absolute Gasteiger partial charge is 0.409 e. The van der Waals surface area contributed by atoms with Crippen LogP contribution in [0.4, 0.5) is 10.5 Å². The van der Waals surface area contributed by atoms with Gasteiger partial charge in [-0.25, -0.2) is 9.78 Å². The fourth-order valence-electron chi connectivity index (χ4n) is 3.15. The molecule has 0 N–H and O–H groups in total. The van der Waals surface area contributed by atoms with Gasteiger partial charge in [-0.2, -0.15) is 5.26 Å². The molecule has 2 heterocycles. The minimum atomic E-state index is -0.238. The van der Waals surface area contributed by atoms with Crippen molar-refractivity contribution in [1.29, 1.82) is 5.26 Å². The van der Waals surface area contributed by atoms with Crippen molar-refractivity contribution in [2.45, 2.75) is 20.3 Å². The van der Waals surface area contributed by atoms with Crippen LogP contribution in [0.5, 0.6) is 0 Å². The summed E-state index contributed by atoms with van der Waals surface area (Å²) in [6, 6.07) is 11.8. The third-order valence-corrected chi connectivity index (χ3v) is 4.44. The molecular weight excluding hydrogens is 328 g/mol. The normalized spacial score (nSPS) is 15.0. The van der Waals surface area contributed by atoms with Gasteiger partial charge in [0.05, 0.1) is 12.1 Å². The molecule has 0 spiro atoms. The van der Waals surface area contributed by atoms with Crippen molar-refractivity contribution in [3.8, 4) is 6.07 Å². The van der Waals surface area contributed by atoms with Crippen LogP contribution in [-0.2, 0) is 4.74 Å². The Morgan fingerprint density at radius 2 is 2.08 bits per heavy atom. The minimum Gasteiger partial charge on any atom is -0.449 e. The molecule has 3 rings (SSSR count). The van der Waals surface area contributed by atoms with E-state index in [1.54, 1.807) is 4.90 Å². The van der Waals surface area contributed by atoms with Crippen molar-refractivity contribution in [2.75, 3.05) is 37.7 Å². The van der Waals surface area contributed by atoms with Crippen molar-refractivity contribution < 1.29 is 9.53 Å². The number of benzene rings is 1. The number of nitriles is 1.